The highest BCUT2D eigenvalue weighted by molar-refractivity contribution is 9.10. The summed E-state index contributed by atoms with van der Waals surface area (Å²) < 4.78 is 6.42. The van der Waals surface area contributed by atoms with Crippen molar-refractivity contribution in [2.75, 3.05) is 13.1 Å². The molecule has 0 aromatic heterocycles. The average Bonchev–Trinajstić information content (AvgIpc) is 2.41. The zero-order valence-electron chi connectivity index (χ0n) is 14.1. The predicted molar refractivity (Wildman–Crippen MR) is 94.3 cm³/mol. The van der Waals surface area contributed by atoms with Gasteiger partial charge in [0.25, 0.3) is 0 Å². The van der Waals surface area contributed by atoms with Crippen LogP contribution < -0.4 is 0 Å². The van der Waals surface area contributed by atoms with Gasteiger partial charge < -0.3 is 14.7 Å². The third-order valence-corrected chi connectivity index (χ3v) is 4.54. The molecule has 1 fully saturated rings. The van der Waals surface area contributed by atoms with Crippen LogP contribution in [0.25, 0.3) is 0 Å². The normalized spacial score (nSPS) is 18.9. The van der Waals surface area contributed by atoms with Crippen LogP contribution in [0.1, 0.15) is 52.0 Å². The van der Waals surface area contributed by atoms with E-state index < -0.39 is 11.2 Å². The Bertz CT molecular complexity index is 543. The number of amides is 1. The third kappa shape index (κ3) is 5.21. The van der Waals surface area contributed by atoms with E-state index in [2.05, 4.69) is 15.9 Å². The first-order valence-corrected chi connectivity index (χ1v) is 8.95. The highest BCUT2D eigenvalue weighted by Gasteiger charge is 2.32. The van der Waals surface area contributed by atoms with E-state index in [1.807, 2.05) is 45.0 Å². The summed E-state index contributed by atoms with van der Waals surface area (Å²) in [5, 5.41) is 11.0. The second-order valence-electron chi connectivity index (χ2n) is 7.22. The molecule has 128 valence electrons. The quantitative estimate of drug-likeness (QED) is 0.779. The lowest BCUT2D eigenvalue weighted by Crippen LogP contribution is -2.41. The van der Waals surface area contributed by atoms with Gasteiger partial charge in [0.05, 0.1) is 5.60 Å². The minimum absolute atomic E-state index is 0.259. The van der Waals surface area contributed by atoms with E-state index in [1.165, 1.54) is 0 Å². The zero-order chi connectivity index (χ0) is 17.1. The molecular weight excluding hydrogens is 358 g/mol. The number of ether oxygens (including phenoxy) is 1. The number of carbonyl (C=O) groups excluding carboxylic acids is 1. The Hall–Kier alpha value is -1.07. The maximum atomic E-state index is 12.2. The van der Waals surface area contributed by atoms with Crippen LogP contribution in [0.4, 0.5) is 4.79 Å². The molecule has 1 aromatic carbocycles. The molecule has 1 aliphatic heterocycles. The Morgan fingerprint density at radius 3 is 2.39 bits per heavy atom. The van der Waals surface area contributed by atoms with Crippen LogP contribution in [0, 0.1) is 0 Å². The highest BCUT2D eigenvalue weighted by atomic mass is 79.9. The lowest BCUT2D eigenvalue weighted by molar-refractivity contribution is -0.00846. The number of halogens is 1. The minimum Gasteiger partial charge on any atom is -0.444 e. The molecule has 1 amide bonds. The summed E-state index contributed by atoms with van der Waals surface area (Å²) >= 11 is 3.46. The van der Waals surface area contributed by atoms with Crippen molar-refractivity contribution in [3.05, 3.63) is 34.3 Å². The van der Waals surface area contributed by atoms with Gasteiger partial charge in [-0.1, -0.05) is 28.1 Å². The molecule has 1 N–H and O–H groups in total. The average molecular weight is 384 g/mol. The molecule has 1 heterocycles. The van der Waals surface area contributed by atoms with Crippen molar-refractivity contribution < 1.29 is 14.6 Å². The van der Waals surface area contributed by atoms with Gasteiger partial charge in [-0.3, -0.25) is 0 Å². The molecule has 2 rings (SSSR count). The van der Waals surface area contributed by atoms with Gasteiger partial charge in [0, 0.05) is 17.6 Å². The summed E-state index contributed by atoms with van der Waals surface area (Å²) in [4.78, 5) is 13.9. The smallest absolute Gasteiger partial charge is 0.410 e. The van der Waals surface area contributed by atoms with Crippen molar-refractivity contribution in [2.45, 2.75) is 57.7 Å². The Balaban J connectivity index is 2.00. The molecule has 0 bridgehead atoms. The Morgan fingerprint density at radius 1 is 1.26 bits per heavy atom. The fourth-order valence-corrected chi connectivity index (χ4v) is 3.34. The Labute approximate surface area is 147 Å². The SMILES string of the molecule is CC(C)(C)OC(=O)N1CCCC(O)(c2cccc(Br)c2)CCC1. The number of aliphatic hydroxyl groups is 1. The van der Waals surface area contributed by atoms with Crippen molar-refractivity contribution in [1.82, 2.24) is 4.90 Å². The summed E-state index contributed by atoms with van der Waals surface area (Å²) in [5.74, 6) is 0. The van der Waals surface area contributed by atoms with Gasteiger partial charge in [0.1, 0.15) is 5.60 Å². The summed E-state index contributed by atoms with van der Waals surface area (Å²) in [5.41, 5.74) is -0.349. The number of likely N-dealkylation sites (tertiary alicyclic amines) is 1. The number of rotatable bonds is 1. The van der Waals surface area contributed by atoms with Crippen molar-refractivity contribution in [1.29, 1.82) is 0 Å². The topological polar surface area (TPSA) is 49.8 Å². The Kier molecular flexibility index (Phi) is 5.74. The van der Waals surface area contributed by atoms with E-state index in [4.69, 9.17) is 4.74 Å². The summed E-state index contributed by atoms with van der Waals surface area (Å²) in [6, 6.07) is 7.86. The molecule has 5 heteroatoms. The molecule has 4 nitrogen and oxygen atoms in total. The first-order chi connectivity index (χ1) is 10.7. The third-order valence-electron chi connectivity index (χ3n) is 4.05. The van der Waals surface area contributed by atoms with Crippen LogP contribution in [0.15, 0.2) is 28.7 Å². The van der Waals surface area contributed by atoms with Gasteiger partial charge in [-0.05, 0) is 64.2 Å². The fourth-order valence-electron chi connectivity index (χ4n) is 2.94. The summed E-state index contributed by atoms with van der Waals surface area (Å²) in [6.07, 6.45) is 2.53. The van der Waals surface area contributed by atoms with E-state index in [0.29, 0.717) is 25.9 Å². The second-order valence-corrected chi connectivity index (χ2v) is 8.13. The number of hydrogen-bond acceptors (Lipinski definition) is 3. The van der Waals surface area contributed by atoms with Crippen molar-refractivity contribution in [3.8, 4) is 0 Å². The molecule has 1 saturated heterocycles. The summed E-state index contributed by atoms with van der Waals surface area (Å²) in [6.45, 7) is 6.86. The molecule has 0 aliphatic carbocycles. The largest absolute Gasteiger partial charge is 0.444 e. The number of nitrogens with zero attached hydrogens (tertiary/aromatic N) is 1. The molecule has 0 atom stereocenters. The van der Waals surface area contributed by atoms with Crippen LogP contribution in [-0.2, 0) is 10.3 Å². The number of benzene rings is 1. The minimum atomic E-state index is -0.816. The highest BCUT2D eigenvalue weighted by Crippen LogP contribution is 2.34. The van der Waals surface area contributed by atoms with Crippen LogP contribution in [0.5, 0.6) is 0 Å². The van der Waals surface area contributed by atoms with E-state index in [0.717, 1.165) is 22.9 Å². The first-order valence-electron chi connectivity index (χ1n) is 8.16. The molecule has 0 saturated carbocycles. The molecule has 0 radical (unpaired) electrons. The molecule has 23 heavy (non-hydrogen) atoms. The lowest BCUT2D eigenvalue weighted by Gasteiger charge is -2.35. The molecule has 1 aromatic rings. The van der Waals surface area contributed by atoms with E-state index in [-0.39, 0.29) is 6.09 Å². The van der Waals surface area contributed by atoms with Crippen molar-refractivity contribution >= 4 is 22.0 Å². The van der Waals surface area contributed by atoms with Gasteiger partial charge in [0.15, 0.2) is 0 Å². The zero-order valence-corrected chi connectivity index (χ0v) is 15.7. The van der Waals surface area contributed by atoms with Crippen molar-refractivity contribution in [2.24, 2.45) is 0 Å². The monoisotopic (exact) mass is 383 g/mol. The van der Waals surface area contributed by atoms with E-state index >= 15 is 0 Å². The maximum absolute atomic E-state index is 12.2. The molecule has 0 spiro atoms. The van der Waals surface area contributed by atoms with Gasteiger partial charge in [0.2, 0.25) is 0 Å². The second kappa shape index (κ2) is 7.22. The van der Waals surface area contributed by atoms with Crippen molar-refractivity contribution in [3.63, 3.8) is 0 Å². The van der Waals surface area contributed by atoms with Crippen LogP contribution >= 0.6 is 15.9 Å². The van der Waals surface area contributed by atoms with Crippen LogP contribution in [0.3, 0.4) is 0 Å². The van der Waals surface area contributed by atoms with Crippen LogP contribution in [0.2, 0.25) is 0 Å². The fraction of sp³-hybridized carbons (Fsp3) is 0.611. The molecule has 1 aliphatic rings. The first kappa shape index (κ1) is 18.3. The Morgan fingerprint density at radius 2 is 1.87 bits per heavy atom. The van der Waals surface area contributed by atoms with E-state index in [9.17, 15) is 9.90 Å². The summed E-state index contributed by atoms with van der Waals surface area (Å²) in [7, 11) is 0. The van der Waals surface area contributed by atoms with Gasteiger partial charge in [-0.15, -0.1) is 0 Å². The number of carbonyl (C=O) groups is 1. The predicted octanol–water partition coefficient (Wildman–Crippen LogP) is 4.45. The number of hydrogen-bond donors (Lipinski definition) is 1. The maximum Gasteiger partial charge on any atom is 0.410 e. The van der Waals surface area contributed by atoms with E-state index in [1.54, 1.807) is 4.90 Å². The lowest BCUT2D eigenvalue weighted by atomic mass is 9.84. The molecule has 0 unspecified atom stereocenters. The van der Waals surface area contributed by atoms with Crippen LogP contribution in [-0.4, -0.2) is 34.8 Å². The standard InChI is InChI=1S/C18H26BrNO3/c1-17(2,3)23-16(21)20-11-5-9-18(22,10-6-12-20)14-7-4-8-15(19)13-14/h4,7-8,13,22H,5-6,9-12H2,1-3H3. The van der Waals surface area contributed by atoms with Gasteiger partial charge in [-0.25, -0.2) is 4.79 Å². The van der Waals surface area contributed by atoms with Gasteiger partial charge in [-0.2, -0.15) is 0 Å². The van der Waals surface area contributed by atoms with Gasteiger partial charge >= 0.3 is 6.09 Å². The molecular formula is C18H26BrNO3.